The molecule has 3 N–H and O–H groups in total. The number of pyridine rings is 1. The van der Waals surface area contributed by atoms with Crippen molar-refractivity contribution in [3.63, 3.8) is 0 Å². The van der Waals surface area contributed by atoms with Gasteiger partial charge in [-0.15, -0.1) is 0 Å². The first-order valence-electron chi connectivity index (χ1n) is 5.48. The lowest BCUT2D eigenvalue weighted by Gasteiger charge is -2.10. The predicted molar refractivity (Wildman–Crippen MR) is 80.3 cm³/mol. The highest BCUT2D eigenvalue weighted by Crippen LogP contribution is 2.29. The monoisotopic (exact) mass is 372 g/mol. The van der Waals surface area contributed by atoms with Crippen LogP contribution in [0, 0.1) is 10.1 Å². The average molecular weight is 373 g/mol. The van der Waals surface area contributed by atoms with Crippen LogP contribution in [-0.4, -0.2) is 18.3 Å². The zero-order chi connectivity index (χ0) is 15.6. The zero-order valence-corrected chi connectivity index (χ0v) is 12.8. The van der Waals surface area contributed by atoms with Crippen LogP contribution in [0.5, 0.6) is 0 Å². The lowest BCUT2D eigenvalue weighted by molar-refractivity contribution is -0.384. The molecular weight excluding hydrogens is 364 g/mol. The van der Waals surface area contributed by atoms with Crippen LogP contribution in [-0.2, 0) is 10.0 Å². The molecule has 2 rings (SSSR count). The molecular formula is C11H9BrN4O4S. The minimum atomic E-state index is -4.05. The average Bonchev–Trinajstić information content (AvgIpc) is 2.41. The zero-order valence-electron chi connectivity index (χ0n) is 10.4. The summed E-state index contributed by atoms with van der Waals surface area (Å²) < 4.78 is 27.0. The van der Waals surface area contributed by atoms with Gasteiger partial charge in [-0.05, 0) is 34.1 Å². The fourth-order valence-corrected chi connectivity index (χ4v) is 3.14. The third-order valence-electron chi connectivity index (χ3n) is 2.46. The van der Waals surface area contributed by atoms with Gasteiger partial charge < -0.3 is 5.73 Å². The molecule has 0 radical (unpaired) electrons. The van der Waals surface area contributed by atoms with Crippen LogP contribution in [0.1, 0.15) is 0 Å². The highest BCUT2D eigenvalue weighted by Gasteiger charge is 2.21. The molecule has 0 fully saturated rings. The molecule has 110 valence electrons. The van der Waals surface area contributed by atoms with E-state index < -0.39 is 14.9 Å². The molecule has 2 aromatic rings. The Hall–Kier alpha value is -2.20. The van der Waals surface area contributed by atoms with Gasteiger partial charge in [0.2, 0.25) is 0 Å². The van der Waals surface area contributed by atoms with E-state index in [1.807, 2.05) is 0 Å². The van der Waals surface area contributed by atoms with Crippen LogP contribution in [0.2, 0.25) is 0 Å². The summed E-state index contributed by atoms with van der Waals surface area (Å²) in [5.41, 5.74) is 5.33. The number of nitrogens with two attached hydrogens (primary N) is 1. The van der Waals surface area contributed by atoms with E-state index in [2.05, 4.69) is 25.6 Å². The van der Waals surface area contributed by atoms with Crippen molar-refractivity contribution in [2.24, 2.45) is 0 Å². The Labute approximate surface area is 128 Å². The minimum absolute atomic E-state index is 0.0217. The molecule has 0 saturated heterocycles. The molecule has 0 aliphatic rings. The van der Waals surface area contributed by atoms with Crippen molar-refractivity contribution in [1.82, 2.24) is 4.98 Å². The summed E-state index contributed by atoms with van der Waals surface area (Å²) in [5, 5.41) is 10.4. The van der Waals surface area contributed by atoms with Gasteiger partial charge in [0.15, 0.2) is 5.03 Å². The summed E-state index contributed by atoms with van der Waals surface area (Å²) in [7, 11) is -4.05. The third kappa shape index (κ3) is 3.28. The van der Waals surface area contributed by atoms with E-state index in [-0.39, 0.29) is 22.1 Å². The van der Waals surface area contributed by atoms with Crippen LogP contribution in [0.3, 0.4) is 0 Å². The van der Waals surface area contributed by atoms with Crippen LogP contribution < -0.4 is 10.5 Å². The number of halogens is 1. The van der Waals surface area contributed by atoms with Gasteiger partial charge in [0, 0.05) is 22.8 Å². The normalized spacial score (nSPS) is 11.1. The van der Waals surface area contributed by atoms with E-state index in [1.54, 1.807) is 0 Å². The first kappa shape index (κ1) is 15.2. The highest BCUT2D eigenvalue weighted by molar-refractivity contribution is 9.10. The number of non-ortho nitro benzene ring substituents is 1. The number of nitro benzene ring substituents is 1. The quantitative estimate of drug-likeness (QED) is 0.624. The molecule has 0 atom stereocenters. The van der Waals surface area contributed by atoms with Gasteiger partial charge in [0.05, 0.1) is 16.3 Å². The summed E-state index contributed by atoms with van der Waals surface area (Å²) >= 11 is 3.12. The van der Waals surface area contributed by atoms with Crippen molar-refractivity contribution >= 4 is 43.0 Å². The van der Waals surface area contributed by atoms with E-state index in [9.17, 15) is 18.5 Å². The Bertz CT molecular complexity index is 810. The van der Waals surface area contributed by atoms with Crippen LogP contribution >= 0.6 is 15.9 Å². The topological polar surface area (TPSA) is 128 Å². The number of hydrogen-bond donors (Lipinski definition) is 2. The number of anilines is 2. The van der Waals surface area contributed by atoms with Gasteiger partial charge >= 0.3 is 0 Å². The van der Waals surface area contributed by atoms with Crippen LogP contribution in [0.25, 0.3) is 0 Å². The summed E-state index contributed by atoms with van der Waals surface area (Å²) in [6.45, 7) is 0. The number of nitro groups is 1. The van der Waals surface area contributed by atoms with Crippen LogP contribution in [0.15, 0.2) is 46.0 Å². The molecule has 0 bridgehead atoms. The van der Waals surface area contributed by atoms with E-state index in [1.165, 1.54) is 30.5 Å². The molecule has 1 aromatic heterocycles. The standard InChI is InChI=1S/C11H9BrN4O4S/c12-8-4-3-7(16(17)18)6-10(8)15-21(19,20)11-9(13)2-1-5-14-11/h1-6,15H,13H2. The first-order chi connectivity index (χ1) is 9.81. The highest BCUT2D eigenvalue weighted by atomic mass is 79.9. The Balaban J connectivity index is 2.44. The van der Waals surface area contributed by atoms with Crippen molar-refractivity contribution in [2.45, 2.75) is 5.03 Å². The summed E-state index contributed by atoms with van der Waals surface area (Å²) in [6, 6.07) is 6.61. The SMILES string of the molecule is Nc1cccnc1S(=O)(=O)Nc1cc([N+](=O)[O-])ccc1Br. The van der Waals surface area contributed by atoms with Gasteiger partial charge in [-0.25, -0.2) is 4.98 Å². The lowest BCUT2D eigenvalue weighted by atomic mass is 10.3. The van der Waals surface area contributed by atoms with E-state index in [0.29, 0.717) is 4.47 Å². The van der Waals surface area contributed by atoms with Gasteiger partial charge in [0.1, 0.15) is 0 Å². The maximum Gasteiger partial charge on any atom is 0.281 e. The van der Waals surface area contributed by atoms with Crippen molar-refractivity contribution in [2.75, 3.05) is 10.5 Å². The van der Waals surface area contributed by atoms with Crippen molar-refractivity contribution < 1.29 is 13.3 Å². The van der Waals surface area contributed by atoms with Gasteiger partial charge in [-0.1, -0.05) is 0 Å². The molecule has 0 saturated carbocycles. The second-order valence-corrected chi connectivity index (χ2v) is 6.38. The Morgan fingerprint density at radius 3 is 2.67 bits per heavy atom. The number of benzene rings is 1. The number of nitrogens with one attached hydrogen (secondary N) is 1. The minimum Gasteiger partial charge on any atom is -0.396 e. The van der Waals surface area contributed by atoms with Gasteiger partial charge in [0.25, 0.3) is 15.7 Å². The van der Waals surface area contributed by atoms with Gasteiger partial charge in [-0.3, -0.25) is 14.8 Å². The van der Waals surface area contributed by atoms with Crippen molar-refractivity contribution in [1.29, 1.82) is 0 Å². The van der Waals surface area contributed by atoms with E-state index in [4.69, 9.17) is 5.73 Å². The number of rotatable bonds is 4. The molecule has 10 heteroatoms. The smallest absolute Gasteiger partial charge is 0.281 e. The largest absolute Gasteiger partial charge is 0.396 e. The van der Waals surface area contributed by atoms with Gasteiger partial charge in [-0.2, -0.15) is 8.42 Å². The number of nitrogen functional groups attached to an aromatic ring is 1. The summed E-state index contributed by atoms with van der Waals surface area (Å²) in [4.78, 5) is 13.8. The van der Waals surface area contributed by atoms with E-state index in [0.717, 1.165) is 6.07 Å². The fraction of sp³-hybridized carbons (Fsp3) is 0. The molecule has 0 spiro atoms. The summed E-state index contributed by atoms with van der Waals surface area (Å²) in [5.74, 6) is 0. The molecule has 1 heterocycles. The molecule has 21 heavy (non-hydrogen) atoms. The Kier molecular flexibility index (Phi) is 4.09. The van der Waals surface area contributed by atoms with E-state index >= 15 is 0 Å². The van der Waals surface area contributed by atoms with Crippen LogP contribution in [0.4, 0.5) is 17.1 Å². The Morgan fingerprint density at radius 1 is 1.33 bits per heavy atom. The maximum absolute atomic E-state index is 12.2. The molecule has 1 aromatic carbocycles. The second kappa shape index (κ2) is 5.66. The molecule has 0 aliphatic heterocycles. The maximum atomic E-state index is 12.2. The Morgan fingerprint density at radius 2 is 2.05 bits per heavy atom. The number of nitrogens with zero attached hydrogens (tertiary/aromatic N) is 2. The van der Waals surface area contributed by atoms with Crippen molar-refractivity contribution in [3.8, 4) is 0 Å². The molecule has 8 nitrogen and oxygen atoms in total. The predicted octanol–water partition coefficient (Wildman–Crippen LogP) is 2.14. The van der Waals surface area contributed by atoms with Crippen molar-refractivity contribution in [3.05, 3.63) is 51.1 Å². The second-order valence-electron chi connectivity index (χ2n) is 3.92. The first-order valence-corrected chi connectivity index (χ1v) is 7.76. The summed E-state index contributed by atoms with van der Waals surface area (Å²) in [6.07, 6.45) is 1.29. The fourth-order valence-electron chi connectivity index (χ4n) is 1.53. The molecule has 0 unspecified atom stereocenters. The molecule has 0 aliphatic carbocycles. The number of hydrogen-bond acceptors (Lipinski definition) is 6. The molecule has 0 amide bonds. The number of sulfonamides is 1. The third-order valence-corrected chi connectivity index (χ3v) is 4.49. The number of aromatic nitrogens is 1. The lowest BCUT2D eigenvalue weighted by Crippen LogP contribution is -2.16.